The average Bonchev–Trinajstić information content (AvgIpc) is 2.38. The highest BCUT2D eigenvalue weighted by atomic mass is 79.9. The van der Waals surface area contributed by atoms with E-state index in [-0.39, 0.29) is 0 Å². The summed E-state index contributed by atoms with van der Waals surface area (Å²) in [5.74, 6) is 0.823. The molecule has 0 atom stereocenters. The van der Waals surface area contributed by atoms with Gasteiger partial charge in [0.05, 0.1) is 10.2 Å². The van der Waals surface area contributed by atoms with E-state index in [9.17, 15) is 0 Å². The van der Waals surface area contributed by atoms with Crippen LogP contribution in [0.4, 0.5) is 5.69 Å². The second-order valence-corrected chi connectivity index (χ2v) is 4.36. The minimum atomic E-state index is 0.456. The van der Waals surface area contributed by atoms with Crippen LogP contribution in [0.5, 0.6) is 5.75 Å². The molecule has 0 aliphatic carbocycles. The van der Waals surface area contributed by atoms with Crippen molar-refractivity contribution in [2.24, 2.45) is 0 Å². The molecule has 2 rings (SSSR count). The van der Waals surface area contributed by atoms with Crippen LogP contribution in [0.25, 0.3) is 0 Å². The Labute approximate surface area is 109 Å². The van der Waals surface area contributed by atoms with Crippen molar-refractivity contribution in [1.82, 2.24) is 4.98 Å². The van der Waals surface area contributed by atoms with Crippen LogP contribution >= 0.6 is 15.9 Å². The van der Waals surface area contributed by atoms with Crippen LogP contribution in [0.2, 0.25) is 0 Å². The third-order valence-electron chi connectivity index (χ3n) is 2.32. The van der Waals surface area contributed by atoms with Crippen LogP contribution in [-0.4, -0.2) is 12.0 Å². The summed E-state index contributed by atoms with van der Waals surface area (Å²) in [6.07, 6.45) is 1.77. The zero-order chi connectivity index (χ0) is 12.1. The van der Waals surface area contributed by atoms with Crippen molar-refractivity contribution < 1.29 is 4.74 Å². The molecular formula is C13H13BrN2O. The molecule has 0 fully saturated rings. The summed E-state index contributed by atoms with van der Waals surface area (Å²) in [7, 11) is 1.88. The number of hydrogen-bond acceptors (Lipinski definition) is 3. The zero-order valence-electron chi connectivity index (χ0n) is 9.48. The predicted molar refractivity (Wildman–Crippen MR) is 72.3 cm³/mol. The quantitative estimate of drug-likeness (QED) is 0.937. The van der Waals surface area contributed by atoms with Crippen molar-refractivity contribution in [3.05, 3.63) is 52.8 Å². The highest BCUT2D eigenvalue weighted by Crippen LogP contribution is 2.24. The summed E-state index contributed by atoms with van der Waals surface area (Å²) in [6.45, 7) is 0.456. The first-order valence-electron chi connectivity index (χ1n) is 5.29. The zero-order valence-corrected chi connectivity index (χ0v) is 11.1. The molecule has 88 valence electrons. The van der Waals surface area contributed by atoms with Gasteiger partial charge in [0.15, 0.2) is 0 Å². The minimum Gasteiger partial charge on any atom is -0.486 e. The lowest BCUT2D eigenvalue weighted by atomic mass is 10.3. The van der Waals surface area contributed by atoms with Crippen LogP contribution < -0.4 is 10.1 Å². The third kappa shape index (κ3) is 3.20. The molecule has 0 saturated heterocycles. The first-order chi connectivity index (χ1) is 8.29. The van der Waals surface area contributed by atoms with Gasteiger partial charge in [0.2, 0.25) is 0 Å². The number of aromatic nitrogens is 1. The van der Waals surface area contributed by atoms with Gasteiger partial charge in [-0.2, -0.15) is 0 Å². The number of pyridine rings is 1. The average molecular weight is 293 g/mol. The number of nitrogens with one attached hydrogen (secondary N) is 1. The normalized spacial score (nSPS) is 10.0. The van der Waals surface area contributed by atoms with Crippen molar-refractivity contribution in [2.75, 3.05) is 12.4 Å². The Balaban J connectivity index is 2.05. The number of hydrogen-bond donors (Lipinski definition) is 1. The van der Waals surface area contributed by atoms with Gasteiger partial charge in [-0.3, -0.25) is 4.98 Å². The molecule has 0 unspecified atom stereocenters. The maximum absolute atomic E-state index is 5.69. The maximum atomic E-state index is 5.69. The van der Waals surface area contributed by atoms with E-state index in [1.54, 1.807) is 6.20 Å². The molecule has 0 spiro atoms. The number of rotatable bonds is 4. The topological polar surface area (TPSA) is 34.2 Å². The van der Waals surface area contributed by atoms with Crippen LogP contribution in [-0.2, 0) is 6.61 Å². The Kier molecular flexibility index (Phi) is 3.98. The second-order valence-electron chi connectivity index (χ2n) is 3.50. The van der Waals surface area contributed by atoms with Gasteiger partial charge in [0.25, 0.3) is 0 Å². The van der Waals surface area contributed by atoms with E-state index in [2.05, 4.69) is 26.2 Å². The van der Waals surface area contributed by atoms with E-state index in [0.717, 1.165) is 21.6 Å². The fourth-order valence-corrected chi connectivity index (χ4v) is 1.83. The summed E-state index contributed by atoms with van der Waals surface area (Å²) in [4.78, 5) is 4.25. The smallest absolute Gasteiger partial charge is 0.134 e. The van der Waals surface area contributed by atoms with Gasteiger partial charge in [0.1, 0.15) is 12.4 Å². The molecule has 0 aliphatic heterocycles. The van der Waals surface area contributed by atoms with Crippen LogP contribution in [0.15, 0.2) is 47.1 Å². The molecule has 1 N–H and O–H groups in total. The highest BCUT2D eigenvalue weighted by Gasteiger charge is 2.01. The van der Waals surface area contributed by atoms with Gasteiger partial charge < -0.3 is 10.1 Å². The van der Waals surface area contributed by atoms with Crippen molar-refractivity contribution >= 4 is 21.6 Å². The van der Waals surface area contributed by atoms with E-state index >= 15 is 0 Å². The van der Waals surface area contributed by atoms with Gasteiger partial charge in [0, 0.05) is 18.9 Å². The molecule has 0 radical (unpaired) electrons. The maximum Gasteiger partial charge on any atom is 0.134 e. The molecule has 1 heterocycles. The Bertz CT molecular complexity index is 502. The molecule has 4 heteroatoms. The lowest BCUT2D eigenvalue weighted by Crippen LogP contribution is -1.99. The summed E-state index contributed by atoms with van der Waals surface area (Å²) in [6, 6.07) is 11.7. The van der Waals surface area contributed by atoms with E-state index in [0.29, 0.717) is 6.61 Å². The van der Waals surface area contributed by atoms with Gasteiger partial charge in [-0.15, -0.1) is 0 Å². The van der Waals surface area contributed by atoms with Gasteiger partial charge in [-0.25, -0.2) is 0 Å². The number of halogens is 1. The van der Waals surface area contributed by atoms with E-state index in [4.69, 9.17) is 4.74 Å². The van der Waals surface area contributed by atoms with Gasteiger partial charge in [-0.05, 0) is 40.2 Å². The Morgan fingerprint density at radius 3 is 2.88 bits per heavy atom. The van der Waals surface area contributed by atoms with Crippen molar-refractivity contribution in [3.63, 3.8) is 0 Å². The number of para-hydroxylation sites is 1. The largest absolute Gasteiger partial charge is 0.486 e. The molecule has 3 nitrogen and oxygen atoms in total. The number of anilines is 1. The molecule has 0 saturated carbocycles. The van der Waals surface area contributed by atoms with Crippen molar-refractivity contribution in [2.45, 2.75) is 6.61 Å². The molecule has 1 aromatic heterocycles. The van der Waals surface area contributed by atoms with Gasteiger partial charge in [-0.1, -0.05) is 12.1 Å². The standard InChI is InChI=1S/C13H13BrN2O/c1-15-10-6-7-16-11(8-10)9-17-13-5-3-2-4-12(13)14/h2-8H,9H2,1H3,(H,15,16). The minimum absolute atomic E-state index is 0.456. The molecule has 0 bridgehead atoms. The Hall–Kier alpha value is -1.55. The summed E-state index contributed by atoms with van der Waals surface area (Å²) < 4.78 is 6.63. The van der Waals surface area contributed by atoms with E-state index < -0.39 is 0 Å². The first kappa shape index (κ1) is 11.9. The molecule has 1 aromatic carbocycles. The number of nitrogens with zero attached hydrogens (tertiary/aromatic N) is 1. The lowest BCUT2D eigenvalue weighted by Gasteiger charge is -2.08. The SMILES string of the molecule is CNc1ccnc(COc2ccccc2Br)c1. The molecule has 2 aromatic rings. The van der Waals surface area contributed by atoms with Crippen LogP contribution in [0, 0.1) is 0 Å². The van der Waals surface area contributed by atoms with Crippen molar-refractivity contribution in [1.29, 1.82) is 0 Å². The summed E-state index contributed by atoms with van der Waals surface area (Å²) >= 11 is 3.44. The summed E-state index contributed by atoms with van der Waals surface area (Å²) in [5.41, 5.74) is 1.93. The lowest BCUT2D eigenvalue weighted by molar-refractivity contribution is 0.299. The molecular weight excluding hydrogens is 280 g/mol. The molecule has 17 heavy (non-hydrogen) atoms. The highest BCUT2D eigenvalue weighted by molar-refractivity contribution is 9.10. The Morgan fingerprint density at radius 2 is 2.12 bits per heavy atom. The number of benzene rings is 1. The van der Waals surface area contributed by atoms with Crippen molar-refractivity contribution in [3.8, 4) is 5.75 Å². The van der Waals surface area contributed by atoms with Crippen LogP contribution in [0.3, 0.4) is 0 Å². The first-order valence-corrected chi connectivity index (χ1v) is 6.09. The van der Waals surface area contributed by atoms with Crippen LogP contribution in [0.1, 0.15) is 5.69 Å². The fourth-order valence-electron chi connectivity index (χ4n) is 1.43. The molecule has 0 amide bonds. The van der Waals surface area contributed by atoms with E-state index in [1.807, 2.05) is 43.4 Å². The Morgan fingerprint density at radius 1 is 1.29 bits per heavy atom. The number of ether oxygens (including phenoxy) is 1. The fraction of sp³-hybridized carbons (Fsp3) is 0.154. The van der Waals surface area contributed by atoms with E-state index in [1.165, 1.54) is 0 Å². The van der Waals surface area contributed by atoms with Gasteiger partial charge >= 0.3 is 0 Å². The second kappa shape index (κ2) is 5.68. The molecule has 0 aliphatic rings. The monoisotopic (exact) mass is 292 g/mol. The third-order valence-corrected chi connectivity index (χ3v) is 2.97. The summed E-state index contributed by atoms with van der Waals surface area (Å²) in [5, 5.41) is 3.07. The predicted octanol–water partition coefficient (Wildman–Crippen LogP) is 3.46.